The lowest BCUT2D eigenvalue weighted by Gasteiger charge is -2.29. The first kappa shape index (κ1) is 14.3. The SMILES string of the molecule is Cc1csc(C(c2ccc(C)s2)N2CCCNCC2)c1. The van der Waals surface area contributed by atoms with Crippen LogP contribution in [-0.2, 0) is 0 Å². The van der Waals surface area contributed by atoms with Gasteiger partial charge in [-0.1, -0.05) is 0 Å². The molecule has 2 aromatic rings. The van der Waals surface area contributed by atoms with Gasteiger partial charge in [-0.25, -0.2) is 0 Å². The Balaban J connectivity index is 1.94. The Morgan fingerprint density at radius 1 is 1.15 bits per heavy atom. The Morgan fingerprint density at radius 2 is 2.05 bits per heavy atom. The van der Waals surface area contributed by atoms with Crippen molar-refractivity contribution < 1.29 is 0 Å². The van der Waals surface area contributed by atoms with Crippen molar-refractivity contribution >= 4 is 22.7 Å². The molecule has 0 aliphatic carbocycles. The summed E-state index contributed by atoms with van der Waals surface area (Å²) in [6.45, 7) is 8.97. The zero-order valence-corrected chi connectivity index (χ0v) is 13.8. The van der Waals surface area contributed by atoms with Crippen LogP contribution in [0.3, 0.4) is 0 Å². The van der Waals surface area contributed by atoms with Gasteiger partial charge in [-0.05, 0) is 56.0 Å². The minimum atomic E-state index is 0.451. The van der Waals surface area contributed by atoms with E-state index in [2.05, 4.69) is 47.6 Å². The molecule has 2 aromatic heterocycles. The van der Waals surface area contributed by atoms with E-state index >= 15 is 0 Å². The van der Waals surface area contributed by atoms with Gasteiger partial charge in [0.25, 0.3) is 0 Å². The zero-order chi connectivity index (χ0) is 13.9. The lowest BCUT2D eigenvalue weighted by Crippen LogP contribution is -2.32. The Bertz CT molecular complexity index is 510. The minimum Gasteiger partial charge on any atom is -0.315 e. The number of thiophene rings is 2. The summed E-state index contributed by atoms with van der Waals surface area (Å²) in [6, 6.07) is 7.39. The highest BCUT2D eigenvalue weighted by Crippen LogP contribution is 2.36. The number of hydrogen-bond acceptors (Lipinski definition) is 4. The van der Waals surface area contributed by atoms with Crippen LogP contribution in [0.4, 0.5) is 0 Å². The molecule has 1 N–H and O–H groups in total. The molecule has 3 heterocycles. The average molecular weight is 306 g/mol. The van der Waals surface area contributed by atoms with E-state index in [0.717, 1.165) is 19.6 Å². The predicted octanol–water partition coefficient (Wildman–Crippen LogP) is 3.81. The summed E-state index contributed by atoms with van der Waals surface area (Å²) in [6.07, 6.45) is 1.24. The first-order valence-electron chi connectivity index (χ1n) is 7.30. The third kappa shape index (κ3) is 3.14. The maximum atomic E-state index is 3.51. The van der Waals surface area contributed by atoms with E-state index in [9.17, 15) is 0 Å². The molecule has 3 rings (SSSR count). The van der Waals surface area contributed by atoms with Gasteiger partial charge in [0.1, 0.15) is 0 Å². The molecule has 0 radical (unpaired) electrons. The molecule has 108 valence electrons. The van der Waals surface area contributed by atoms with Gasteiger partial charge in [-0.15, -0.1) is 22.7 Å². The third-order valence-electron chi connectivity index (χ3n) is 3.79. The van der Waals surface area contributed by atoms with E-state index in [1.807, 2.05) is 22.7 Å². The van der Waals surface area contributed by atoms with Gasteiger partial charge in [-0.2, -0.15) is 0 Å². The van der Waals surface area contributed by atoms with Gasteiger partial charge in [-0.3, -0.25) is 4.90 Å². The van der Waals surface area contributed by atoms with E-state index < -0.39 is 0 Å². The van der Waals surface area contributed by atoms with Crippen molar-refractivity contribution in [3.8, 4) is 0 Å². The number of aryl methyl sites for hydroxylation is 2. The molecular formula is C16H22N2S2. The van der Waals surface area contributed by atoms with Crippen LogP contribution in [0.25, 0.3) is 0 Å². The molecule has 0 bridgehead atoms. The molecule has 2 nitrogen and oxygen atoms in total. The predicted molar refractivity (Wildman–Crippen MR) is 89.0 cm³/mol. The van der Waals surface area contributed by atoms with Gasteiger partial charge in [0.05, 0.1) is 6.04 Å². The minimum absolute atomic E-state index is 0.451. The number of hydrogen-bond donors (Lipinski definition) is 1. The number of nitrogens with zero attached hydrogens (tertiary/aromatic N) is 1. The topological polar surface area (TPSA) is 15.3 Å². The molecule has 0 spiro atoms. The van der Waals surface area contributed by atoms with Crippen LogP contribution in [0.1, 0.15) is 32.7 Å². The third-order valence-corrected chi connectivity index (χ3v) is 5.95. The number of nitrogens with one attached hydrogen (secondary N) is 1. The van der Waals surface area contributed by atoms with Gasteiger partial charge < -0.3 is 5.32 Å². The van der Waals surface area contributed by atoms with E-state index in [4.69, 9.17) is 0 Å². The quantitative estimate of drug-likeness (QED) is 0.927. The lowest BCUT2D eigenvalue weighted by atomic mass is 10.1. The highest BCUT2D eigenvalue weighted by atomic mass is 32.1. The second-order valence-corrected chi connectivity index (χ2v) is 7.78. The standard InChI is InChI=1S/C16H22N2S2/c1-12-10-15(19-11-12)16(14-5-4-13(2)20-14)18-8-3-6-17-7-9-18/h4-5,10-11,16-17H,3,6-9H2,1-2H3. The van der Waals surface area contributed by atoms with Crippen molar-refractivity contribution in [3.05, 3.63) is 43.8 Å². The summed E-state index contributed by atoms with van der Waals surface area (Å²) in [5.74, 6) is 0. The van der Waals surface area contributed by atoms with Crippen molar-refractivity contribution in [1.29, 1.82) is 0 Å². The van der Waals surface area contributed by atoms with Crippen molar-refractivity contribution in [2.24, 2.45) is 0 Å². The average Bonchev–Trinajstić information content (AvgIpc) is 2.93. The van der Waals surface area contributed by atoms with Gasteiger partial charge in [0.15, 0.2) is 0 Å². The first-order chi connectivity index (χ1) is 9.74. The van der Waals surface area contributed by atoms with Crippen LogP contribution in [0, 0.1) is 13.8 Å². The molecule has 1 aliphatic heterocycles. The molecule has 1 saturated heterocycles. The van der Waals surface area contributed by atoms with Crippen LogP contribution in [0.2, 0.25) is 0 Å². The Kier molecular flexibility index (Phi) is 4.56. The first-order valence-corrected chi connectivity index (χ1v) is 9.00. The summed E-state index contributed by atoms with van der Waals surface area (Å²) in [5.41, 5.74) is 1.39. The largest absolute Gasteiger partial charge is 0.315 e. The van der Waals surface area contributed by atoms with Gasteiger partial charge in [0.2, 0.25) is 0 Å². The summed E-state index contributed by atoms with van der Waals surface area (Å²) >= 11 is 3.85. The highest BCUT2D eigenvalue weighted by molar-refractivity contribution is 7.13. The molecule has 1 aliphatic rings. The maximum absolute atomic E-state index is 3.51. The molecule has 0 saturated carbocycles. The van der Waals surface area contributed by atoms with E-state index in [-0.39, 0.29) is 0 Å². The van der Waals surface area contributed by atoms with Crippen molar-refractivity contribution in [3.63, 3.8) is 0 Å². The van der Waals surface area contributed by atoms with Crippen molar-refractivity contribution in [1.82, 2.24) is 10.2 Å². The van der Waals surface area contributed by atoms with E-state index in [0.29, 0.717) is 6.04 Å². The van der Waals surface area contributed by atoms with Crippen LogP contribution >= 0.6 is 22.7 Å². The molecule has 1 fully saturated rings. The normalized spacial score (nSPS) is 18.9. The molecular weight excluding hydrogens is 284 g/mol. The maximum Gasteiger partial charge on any atom is 0.0790 e. The zero-order valence-electron chi connectivity index (χ0n) is 12.2. The summed E-state index contributed by atoms with van der Waals surface area (Å²) < 4.78 is 0. The molecule has 0 amide bonds. The van der Waals surface area contributed by atoms with E-state index in [1.165, 1.54) is 33.2 Å². The fraction of sp³-hybridized carbons (Fsp3) is 0.500. The second kappa shape index (κ2) is 6.39. The lowest BCUT2D eigenvalue weighted by molar-refractivity contribution is 0.247. The Hall–Kier alpha value is -0.680. The summed E-state index contributed by atoms with van der Waals surface area (Å²) in [5, 5.41) is 5.79. The van der Waals surface area contributed by atoms with Crippen LogP contribution in [0.5, 0.6) is 0 Å². The molecule has 20 heavy (non-hydrogen) atoms. The molecule has 1 unspecified atom stereocenters. The van der Waals surface area contributed by atoms with Crippen LogP contribution in [0.15, 0.2) is 23.6 Å². The summed E-state index contributed by atoms with van der Waals surface area (Å²) in [7, 11) is 0. The van der Waals surface area contributed by atoms with Crippen molar-refractivity contribution in [2.45, 2.75) is 26.3 Å². The monoisotopic (exact) mass is 306 g/mol. The number of rotatable bonds is 3. The fourth-order valence-corrected chi connectivity index (χ4v) is 4.98. The van der Waals surface area contributed by atoms with Crippen LogP contribution in [-0.4, -0.2) is 31.1 Å². The Labute approximate surface area is 129 Å². The second-order valence-electron chi connectivity index (χ2n) is 5.52. The highest BCUT2D eigenvalue weighted by Gasteiger charge is 2.25. The Morgan fingerprint density at radius 3 is 2.75 bits per heavy atom. The van der Waals surface area contributed by atoms with Gasteiger partial charge >= 0.3 is 0 Å². The summed E-state index contributed by atoms with van der Waals surface area (Å²) in [4.78, 5) is 7.04. The van der Waals surface area contributed by atoms with Gasteiger partial charge in [0, 0.05) is 34.3 Å². The van der Waals surface area contributed by atoms with E-state index in [1.54, 1.807) is 0 Å². The fourth-order valence-electron chi connectivity index (χ4n) is 2.82. The molecule has 0 aromatic carbocycles. The van der Waals surface area contributed by atoms with Crippen molar-refractivity contribution in [2.75, 3.05) is 26.2 Å². The molecule has 4 heteroatoms. The molecule has 1 atom stereocenters. The van der Waals surface area contributed by atoms with Crippen LogP contribution < -0.4 is 5.32 Å². The smallest absolute Gasteiger partial charge is 0.0790 e.